The van der Waals surface area contributed by atoms with Gasteiger partial charge < -0.3 is 10.1 Å². The van der Waals surface area contributed by atoms with Gasteiger partial charge in [-0.2, -0.15) is 0 Å². The zero-order valence-corrected chi connectivity index (χ0v) is 8.13. The van der Waals surface area contributed by atoms with E-state index >= 15 is 0 Å². The number of benzene rings is 1. The molecule has 0 heterocycles. The lowest BCUT2D eigenvalue weighted by atomic mass is 10.1. The lowest BCUT2D eigenvalue weighted by Crippen LogP contribution is -2.22. The van der Waals surface area contributed by atoms with E-state index in [-0.39, 0.29) is 12.4 Å². The maximum absolute atomic E-state index is 13.1. The second-order valence-electron chi connectivity index (χ2n) is 2.94. The monoisotopic (exact) mass is 197 g/mol. The first-order valence-corrected chi connectivity index (χ1v) is 4.20. The summed E-state index contributed by atoms with van der Waals surface area (Å²) < 4.78 is 17.5. The van der Waals surface area contributed by atoms with Gasteiger partial charge in [0.2, 0.25) is 0 Å². The van der Waals surface area contributed by atoms with Crippen molar-refractivity contribution in [1.82, 2.24) is 5.32 Å². The normalized spacial score (nSPS) is 9.64. The Hall–Kier alpha value is -1.58. The van der Waals surface area contributed by atoms with Crippen molar-refractivity contribution >= 4 is 6.09 Å². The predicted octanol–water partition coefficient (Wildman–Crippen LogP) is 1.99. The van der Waals surface area contributed by atoms with Crippen LogP contribution >= 0.6 is 0 Å². The Morgan fingerprint density at radius 2 is 2.29 bits per heavy atom. The number of alkyl carbamates (subject to hydrolysis) is 1. The van der Waals surface area contributed by atoms with Gasteiger partial charge in [-0.25, -0.2) is 9.18 Å². The van der Waals surface area contributed by atoms with E-state index in [1.807, 2.05) is 6.92 Å². The van der Waals surface area contributed by atoms with Gasteiger partial charge in [-0.1, -0.05) is 17.7 Å². The minimum absolute atomic E-state index is 0.139. The number of carbonyl (C=O) groups excluding carboxylic acids is 1. The lowest BCUT2D eigenvalue weighted by Gasteiger charge is -2.05. The van der Waals surface area contributed by atoms with Gasteiger partial charge in [0.1, 0.15) is 5.82 Å². The zero-order chi connectivity index (χ0) is 10.6. The number of amides is 1. The smallest absolute Gasteiger partial charge is 0.407 e. The van der Waals surface area contributed by atoms with Gasteiger partial charge in [-0.15, -0.1) is 0 Å². The lowest BCUT2D eigenvalue weighted by molar-refractivity contribution is 0.170. The third kappa shape index (κ3) is 2.73. The van der Waals surface area contributed by atoms with Crippen molar-refractivity contribution in [2.45, 2.75) is 13.5 Å². The number of methoxy groups -OCH3 is 1. The number of nitrogens with one attached hydrogen (secondary N) is 1. The Balaban J connectivity index is 2.66. The molecule has 14 heavy (non-hydrogen) atoms. The van der Waals surface area contributed by atoms with Crippen molar-refractivity contribution in [3.63, 3.8) is 0 Å². The van der Waals surface area contributed by atoms with E-state index < -0.39 is 6.09 Å². The molecule has 0 aromatic heterocycles. The first-order chi connectivity index (χ1) is 6.63. The predicted molar refractivity (Wildman–Crippen MR) is 50.4 cm³/mol. The van der Waals surface area contributed by atoms with Crippen molar-refractivity contribution in [2.24, 2.45) is 0 Å². The van der Waals surface area contributed by atoms with E-state index in [1.54, 1.807) is 12.1 Å². The zero-order valence-electron chi connectivity index (χ0n) is 8.13. The molecule has 1 amide bonds. The molecule has 4 heteroatoms. The third-order valence-corrected chi connectivity index (χ3v) is 1.81. The average Bonchev–Trinajstić information content (AvgIpc) is 2.19. The van der Waals surface area contributed by atoms with Crippen LogP contribution in [-0.4, -0.2) is 13.2 Å². The number of halogens is 1. The number of ether oxygens (including phenoxy) is 1. The molecule has 1 aromatic carbocycles. The molecule has 0 saturated carbocycles. The molecule has 0 spiro atoms. The van der Waals surface area contributed by atoms with E-state index in [2.05, 4.69) is 10.1 Å². The molecule has 3 nitrogen and oxygen atoms in total. The third-order valence-electron chi connectivity index (χ3n) is 1.81. The fraction of sp³-hybridized carbons (Fsp3) is 0.300. The Morgan fingerprint density at radius 1 is 1.57 bits per heavy atom. The van der Waals surface area contributed by atoms with E-state index in [0.717, 1.165) is 5.56 Å². The number of hydrogen-bond acceptors (Lipinski definition) is 2. The van der Waals surface area contributed by atoms with Crippen LogP contribution in [0.5, 0.6) is 0 Å². The summed E-state index contributed by atoms with van der Waals surface area (Å²) in [7, 11) is 1.27. The molecule has 0 saturated heterocycles. The van der Waals surface area contributed by atoms with Gasteiger partial charge >= 0.3 is 6.09 Å². The molecule has 76 valence electrons. The summed E-state index contributed by atoms with van der Waals surface area (Å²) in [6.07, 6.45) is -0.564. The van der Waals surface area contributed by atoms with Crippen LogP contribution in [-0.2, 0) is 11.3 Å². The second kappa shape index (κ2) is 4.60. The highest BCUT2D eigenvalue weighted by molar-refractivity contribution is 5.66. The van der Waals surface area contributed by atoms with Gasteiger partial charge in [-0.3, -0.25) is 0 Å². The van der Waals surface area contributed by atoms with E-state index in [0.29, 0.717) is 5.56 Å². The molecule has 0 radical (unpaired) electrons. The minimum atomic E-state index is -0.564. The highest BCUT2D eigenvalue weighted by Crippen LogP contribution is 2.09. The van der Waals surface area contributed by atoms with Gasteiger partial charge in [0.25, 0.3) is 0 Å². The molecule has 1 N–H and O–H groups in total. The Morgan fingerprint density at radius 3 is 2.93 bits per heavy atom. The first-order valence-electron chi connectivity index (χ1n) is 4.20. The van der Waals surface area contributed by atoms with Gasteiger partial charge in [-0.05, 0) is 13.0 Å². The van der Waals surface area contributed by atoms with Gasteiger partial charge in [0.15, 0.2) is 0 Å². The number of carbonyl (C=O) groups is 1. The molecule has 0 aliphatic rings. The summed E-state index contributed by atoms with van der Waals surface area (Å²) in [4.78, 5) is 10.7. The largest absolute Gasteiger partial charge is 0.453 e. The Kier molecular flexibility index (Phi) is 3.45. The molecule has 0 unspecified atom stereocenters. The molecule has 0 aliphatic carbocycles. The Bertz CT molecular complexity index is 339. The maximum atomic E-state index is 13.1. The topological polar surface area (TPSA) is 38.3 Å². The van der Waals surface area contributed by atoms with Crippen LogP contribution in [0, 0.1) is 12.7 Å². The molecule has 1 rings (SSSR count). The van der Waals surface area contributed by atoms with Crippen molar-refractivity contribution < 1.29 is 13.9 Å². The van der Waals surface area contributed by atoms with Crippen LogP contribution in [0.1, 0.15) is 11.1 Å². The number of hydrogen-bond donors (Lipinski definition) is 1. The summed E-state index contributed by atoms with van der Waals surface area (Å²) in [5, 5.41) is 2.42. The number of rotatable bonds is 2. The minimum Gasteiger partial charge on any atom is -0.453 e. The van der Waals surface area contributed by atoms with Crippen LogP contribution < -0.4 is 5.32 Å². The van der Waals surface area contributed by atoms with Crippen molar-refractivity contribution in [1.29, 1.82) is 0 Å². The Labute approximate surface area is 81.9 Å². The number of aryl methyl sites for hydroxylation is 1. The summed E-state index contributed by atoms with van der Waals surface area (Å²) in [6, 6.07) is 4.74. The molecule has 0 atom stereocenters. The highest BCUT2D eigenvalue weighted by Gasteiger charge is 2.04. The standard InChI is InChI=1S/C10H12FNO2/c1-7-3-4-9(11)8(5-7)6-12-10(13)14-2/h3-5H,6H2,1-2H3,(H,12,13). The first kappa shape index (κ1) is 10.5. The quantitative estimate of drug-likeness (QED) is 0.787. The fourth-order valence-corrected chi connectivity index (χ4v) is 1.08. The molecular weight excluding hydrogens is 185 g/mol. The van der Waals surface area contributed by atoms with Crippen molar-refractivity contribution in [3.8, 4) is 0 Å². The molecule has 0 fully saturated rings. The maximum Gasteiger partial charge on any atom is 0.407 e. The van der Waals surface area contributed by atoms with Crippen LogP contribution in [0.25, 0.3) is 0 Å². The highest BCUT2D eigenvalue weighted by atomic mass is 19.1. The molecule has 0 bridgehead atoms. The summed E-state index contributed by atoms with van der Waals surface area (Å²) in [5.41, 5.74) is 1.41. The summed E-state index contributed by atoms with van der Waals surface area (Å²) in [5.74, 6) is -0.327. The van der Waals surface area contributed by atoms with Crippen LogP contribution in [0.2, 0.25) is 0 Å². The van der Waals surface area contributed by atoms with Gasteiger partial charge in [0, 0.05) is 12.1 Å². The van der Waals surface area contributed by atoms with Crippen LogP contribution in [0.3, 0.4) is 0 Å². The molecular formula is C10H12FNO2. The molecule has 1 aromatic rings. The second-order valence-corrected chi connectivity index (χ2v) is 2.94. The summed E-state index contributed by atoms with van der Waals surface area (Å²) >= 11 is 0. The van der Waals surface area contributed by atoms with E-state index in [1.165, 1.54) is 13.2 Å². The summed E-state index contributed by atoms with van der Waals surface area (Å²) in [6.45, 7) is 2.00. The van der Waals surface area contributed by atoms with Gasteiger partial charge in [0.05, 0.1) is 7.11 Å². The van der Waals surface area contributed by atoms with Crippen molar-refractivity contribution in [3.05, 3.63) is 35.1 Å². The van der Waals surface area contributed by atoms with Crippen LogP contribution in [0.15, 0.2) is 18.2 Å². The van der Waals surface area contributed by atoms with Crippen LogP contribution in [0.4, 0.5) is 9.18 Å². The fourth-order valence-electron chi connectivity index (χ4n) is 1.08. The van der Waals surface area contributed by atoms with E-state index in [4.69, 9.17) is 0 Å². The molecule has 0 aliphatic heterocycles. The van der Waals surface area contributed by atoms with E-state index in [9.17, 15) is 9.18 Å². The average molecular weight is 197 g/mol. The SMILES string of the molecule is COC(=O)NCc1cc(C)ccc1F. The van der Waals surface area contributed by atoms with Crippen molar-refractivity contribution in [2.75, 3.05) is 7.11 Å².